The average Bonchev–Trinajstić information content (AvgIpc) is 2.37. The predicted molar refractivity (Wildman–Crippen MR) is 40.7 cm³/mol. The summed E-state index contributed by atoms with van der Waals surface area (Å²) in [4.78, 5) is 7.01. The number of hydrogen-bond acceptors (Lipinski definition) is 2. The number of rotatable bonds is 2. The van der Waals surface area contributed by atoms with Gasteiger partial charge in [0.1, 0.15) is 5.82 Å². The first kappa shape index (κ1) is 6.42. The predicted octanol–water partition coefficient (Wildman–Crippen LogP) is 1.51. The quantitative estimate of drug-likeness (QED) is 0.631. The molecule has 0 fully saturated rings. The van der Waals surface area contributed by atoms with Gasteiger partial charge in [-0.1, -0.05) is 19.1 Å². The summed E-state index contributed by atoms with van der Waals surface area (Å²) in [7, 11) is 0. The maximum atomic E-state index is 4.74. The van der Waals surface area contributed by atoms with Gasteiger partial charge in [0.05, 0.1) is 0 Å². The average molecular weight is 140 g/mol. The second kappa shape index (κ2) is 2.73. The van der Waals surface area contributed by atoms with Gasteiger partial charge in [-0.15, -0.1) is 0 Å². The summed E-state index contributed by atoms with van der Waals surface area (Å²) in [6.45, 7) is 2.01. The summed E-state index contributed by atoms with van der Waals surface area (Å²) in [5.74, 6) is 1.19. The molecular weight excluding hydrogens is 132 g/mol. The van der Waals surface area contributed by atoms with Gasteiger partial charge in [-0.2, -0.15) is 0 Å². The van der Waals surface area contributed by atoms with Crippen LogP contribution in [0.4, 0.5) is 0 Å². The molecule has 0 bridgehead atoms. The molecule has 1 heterocycles. The Morgan fingerprint density at radius 2 is 2.67 bits per heavy atom. The highest BCUT2D eigenvalue weighted by atomic mass is 32.1. The van der Waals surface area contributed by atoms with Crippen molar-refractivity contribution in [3.05, 3.63) is 18.2 Å². The van der Waals surface area contributed by atoms with E-state index in [1.807, 2.05) is 6.92 Å². The van der Waals surface area contributed by atoms with E-state index in [1.54, 1.807) is 17.8 Å². The Morgan fingerprint density at radius 3 is 3.11 bits per heavy atom. The standard InChI is InChI=1S/C6H8N2S/c1-5(4-9)6-7-2-3-8-6/h2-5H,1H3,(H,7,8). The smallest absolute Gasteiger partial charge is 0.113 e. The number of thiocarbonyl (C=S) groups is 1. The fraction of sp³-hybridized carbons (Fsp3) is 0.333. The van der Waals surface area contributed by atoms with Gasteiger partial charge < -0.3 is 4.98 Å². The third-order valence-corrected chi connectivity index (χ3v) is 1.56. The van der Waals surface area contributed by atoms with Crippen LogP contribution in [0.1, 0.15) is 18.7 Å². The fourth-order valence-electron chi connectivity index (χ4n) is 0.591. The zero-order valence-corrected chi connectivity index (χ0v) is 5.98. The molecular formula is C6H8N2S. The maximum absolute atomic E-state index is 4.74. The molecule has 0 aliphatic heterocycles. The lowest BCUT2D eigenvalue weighted by Crippen LogP contribution is -1.94. The van der Waals surface area contributed by atoms with E-state index in [0.717, 1.165) is 5.82 Å². The molecule has 0 saturated carbocycles. The van der Waals surface area contributed by atoms with Crippen molar-refractivity contribution in [2.45, 2.75) is 12.8 Å². The second-order valence-corrected chi connectivity index (χ2v) is 2.17. The monoisotopic (exact) mass is 140 g/mol. The third-order valence-electron chi connectivity index (χ3n) is 1.15. The molecule has 0 saturated heterocycles. The minimum absolute atomic E-state index is 0.259. The Morgan fingerprint density at radius 1 is 1.89 bits per heavy atom. The Bertz CT molecular complexity index is 181. The van der Waals surface area contributed by atoms with E-state index in [4.69, 9.17) is 12.2 Å². The van der Waals surface area contributed by atoms with Gasteiger partial charge in [0, 0.05) is 18.3 Å². The largest absolute Gasteiger partial charge is 0.348 e. The zero-order chi connectivity index (χ0) is 6.69. The summed E-state index contributed by atoms with van der Waals surface area (Å²) in [6.07, 6.45) is 3.52. The van der Waals surface area contributed by atoms with Gasteiger partial charge in [-0.3, -0.25) is 0 Å². The second-order valence-electron chi connectivity index (χ2n) is 1.90. The molecule has 9 heavy (non-hydrogen) atoms. The Hall–Kier alpha value is -0.700. The highest BCUT2D eigenvalue weighted by Gasteiger charge is 2.00. The van der Waals surface area contributed by atoms with E-state index in [1.165, 1.54) is 0 Å². The van der Waals surface area contributed by atoms with Crippen LogP contribution < -0.4 is 0 Å². The van der Waals surface area contributed by atoms with Crippen molar-refractivity contribution in [3.8, 4) is 0 Å². The van der Waals surface area contributed by atoms with Gasteiger partial charge in [0.25, 0.3) is 0 Å². The molecule has 1 aromatic heterocycles. The van der Waals surface area contributed by atoms with Crippen LogP contribution in [0.15, 0.2) is 12.4 Å². The molecule has 0 radical (unpaired) electrons. The molecule has 1 atom stereocenters. The first-order valence-corrected chi connectivity index (χ1v) is 3.26. The molecule has 3 heteroatoms. The first-order valence-electron chi connectivity index (χ1n) is 2.79. The van der Waals surface area contributed by atoms with Crippen molar-refractivity contribution in [1.29, 1.82) is 0 Å². The van der Waals surface area contributed by atoms with Crippen LogP contribution in [0, 0.1) is 0 Å². The van der Waals surface area contributed by atoms with Crippen LogP contribution >= 0.6 is 12.2 Å². The van der Waals surface area contributed by atoms with Gasteiger partial charge in [-0.05, 0) is 5.37 Å². The van der Waals surface area contributed by atoms with Gasteiger partial charge in [-0.25, -0.2) is 4.98 Å². The van der Waals surface area contributed by atoms with Crippen LogP contribution in [0.25, 0.3) is 0 Å². The van der Waals surface area contributed by atoms with Crippen molar-refractivity contribution in [2.75, 3.05) is 0 Å². The topological polar surface area (TPSA) is 28.7 Å². The van der Waals surface area contributed by atoms with E-state index >= 15 is 0 Å². The number of nitrogens with one attached hydrogen (secondary N) is 1. The first-order chi connectivity index (χ1) is 4.34. The molecule has 0 aliphatic rings. The highest BCUT2D eigenvalue weighted by Crippen LogP contribution is 2.04. The molecule has 0 spiro atoms. The molecule has 1 N–H and O–H groups in total. The van der Waals surface area contributed by atoms with Crippen LogP contribution in [-0.2, 0) is 0 Å². The molecule has 0 amide bonds. The third kappa shape index (κ3) is 1.36. The van der Waals surface area contributed by atoms with Crippen molar-refractivity contribution in [1.82, 2.24) is 9.97 Å². The Kier molecular flexibility index (Phi) is 1.95. The number of aromatic amines is 1. The van der Waals surface area contributed by atoms with Gasteiger partial charge >= 0.3 is 0 Å². The number of aromatic nitrogens is 2. The summed E-state index contributed by atoms with van der Waals surface area (Å²) >= 11 is 4.74. The highest BCUT2D eigenvalue weighted by molar-refractivity contribution is 7.79. The summed E-state index contributed by atoms with van der Waals surface area (Å²) in [6, 6.07) is 0. The molecule has 1 aromatic rings. The Labute approximate surface area is 59.3 Å². The van der Waals surface area contributed by atoms with Gasteiger partial charge in [0.2, 0.25) is 0 Å². The summed E-state index contributed by atoms with van der Waals surface area (Å²) in [5.41, 5.74) is 0. The molecule has 0 aliphatic carbocycles. The number of imidazole rings is 1. The van der Waals surface area contributed by atoms with E-state index in [-0.39, 0.29) is 5.92 Å². The van der Waals surface area contributed by atoms with Gasteiger partial charge in [0.15, 0.2) is 0 Å². The minimum Gasteiger partial charge on any atom is -0.348 e. The van der Waals surface area contributed by atoms with Crippen LogP contribution in [0.5, 0.6) is 0 Å². The van der Waals surface area contributed by atoms with Crippen molar-refractivity contribution in [2.24, 2.45) is 0 Å². The molecule has 1 unspecified atom stereocenters. The number of hydrogen-bond donors (Lipinski definition) is 1. The molecule has 2 nitrogen and oxygen atoms in total. The van der Waals surface area contributed by atoms with Crippen molar-refractivity contribution in [3.63, 3.8) is 0 Å². The van der Waals surface area contributed by atoms with E-state index in [2.05, 4.69) is 9.97 Å². The van der Waals surface area contributed by atoms with Crippen molar-refractivity contribution < 1.29 is 0 Å². The van der Waals surface area contributed by atoms with Crippen LogP contribution in [-0.4, -0.2) is 15.3 Å². The molecule has 1 rings (SSSR count). The summed E-state index contributed by atoms with van der Waals surface area (Å²) < 4.78 is 0. The lowest BCUT2D eigenvalue weighted by molar-refractivity contribution is 0.936. The minimum atomic E-state index is 0.259. The SMILES string of the molecule is CC(C=S)c1ncc[nH]1. The van der Waals surface area contributed by atoms with Crippen LogP contribution in [0.3, 0.4) is 0 Å². The van der Waals surface area contributed by atoms with E-state index in [9.17, 15) is 0 Å². The maximum Gasteiger partial charge on any atom is 0.113 e. The lowest BCUT2D eigenvalue weighted by atomic mass is 10.2. The zero-order valence-electron chi connectivity index (χ0n) is 5.16. The normalized spacial score (nSPS) is 13.0. The van der Waals surface area contributed by atoms with E-state index < -0.39 is 0 Å². The summed E-state index contributed by atoms with van der Waals surface area (Å²) in [5, 5.41) is 1.69. The lowest BCUT2D eigenvalue weighted by Gasteiger charge is -1.96. The van der Waals surface area contributed by atoms with Crippen molar-refractivity contribution >= 4 is 17.6 Å². The Balaban J connectivity index is 2.76. The van der Waals surface area contributed by atoms with Crippen LogP contribution in [0.2, 0.25) is 0 Å². The number of nitrogens with zero attached hydrogens (tertiary/aromatic N) is 1. The fourth-order valence-corrected chi connectivity index (χ4v) is 0.720. The number of H-pyrrole nitrogens is 1. The van der Waals surface area contributed by atoms with E-state index in [0.29, 0.717) is 0 Å². The molecule has 48 valence electrons. The molecule has 0 aromatic carbocycles.